The Morgan fingerprint density at radius 3 is 2.16 bits per heavy atom. The van der Waals surface area contributed by atoms with Gasteiger partial charge in [0.05, 0.1) is 21.3 Å². The Balaban J connectivity index is 2.93. The molecule has 0 radical (unpaired) electrons. The highest BCUT2D eigenvalue weighted by atomic mass is 16.5. The van der Waals surface area contributed by atoms with Crippen molar-refractivity contribution < 1.29 is 24.1 Å². The van der Waals surface area contributed by atoms with Gasteiger partial charge in [-0.25, -0.2) is 0 Å². The van der Waals surface area contributed by atoms with Crippen molar-refractivity contribution in [3.63, 3.8) is 0 Å². The molecule has 0 aromatic heterocycles. The summed E-state index contributed by atoms with van der Waals surface area (Å²) in [5.41, 5.74) is 0.861. The van der Waals surface area contributed by atoms with Crippen molar-refractivity contribution in [3.05, 3.63) is 23.8 Å². The molecule has 1 rings (SSSR count). The zero-order chi connectivity index (χ0) is 14.3. The molecule has 19 heavy (non-hydrogen) atoms. The van der Waals surface area contributed by atoms with Gasteiger partial charge in [0, 0.05) is 6.42 Å². The maximum absolute atomic E-state index is 10.4. The van der Waals surface area contributed by atoms with Crippen molar-refractivity contribution in [2.24, 2.45) is 0 Å². The number of hydrogen-bond acceptors (Lipinski definition) is 4. The number of benzene rings is 1. The SMILES string of the molecule is COc1cc(C=CCCC(=O)O)cc(OC)c1OC. The van der Waals surface area contributed by atoms with Crippen LogP contribution < -0.4 is 14.2 Å². The molecule has 0 spiro atoms. The van der Waals surface area contributed by atoms with E-state index in [0.29, 0.717) is 23.7 Å². The third-order valence-corrected chi connectivity index (χ3v) is 2.52. The first-order valence-electron chi connectivity index (χ1n) is 5.80. The molecule has 1 aromatic carbocycles. The summed E-state index contributed by atoms with van der Waals surface area (Å²) in [7, 11) is 4.65. The minimum absolute atomic E-state index is 0.112. The summed E-state index contributed by atoms with van der Waals surface area (Å²) in [6.45, 7) is 0. The van der Waals surface area contributed by atoms with Gasteiger partial charge in [-0.1, -0.05) is 12.2 Å². The zero-order valence-corrected chi connectivity index (χ0v) is 11.3. The maximum Gasteiger partial charge on any atom is 0.303 e. The predicted molar refractivity (Wildman–Crippen MR) is 72.0 cm³/mol. The molecule has 1 aromatic rings. The van der Waals surface area contributed by atoms with Crippen LogP contribution in [0.5, 0.6) is 17.2 Å². The highest BCUT2D eigenvalue weighted by Gasteiger charge is 2.11. The van der Waals surface area contributed by atoms with Crippen LogP contribution in [0.4, 0.5) is 0 Å². The van der Waals surface area contributed by atoms with Gasteiger partial charge >= 0.3 is 5.97 Å². The van der Waals surface area contributed by atoms with Gasteiger partial charge in [-0.2, -0.15) is 0 Å². The fourth-order valence-electron chi connectivity index (χ4n) is 1.62. The Bertz CT molecular complexity index is 440. The summed E-state index contributed by atoms with van der Waals surface area (Å²) in [4.78, 5) is 10.4. The van der Waals surface area contributed by atoms with E-state index in [4.69, 9.17) is 19.3 Å². The van der Waals surface area contributed by atoms with E-state index in [1.165, 1.54) is 0 Å². The average Bonchev–Trinajstić information content (AvgIpc) is 2.42. The van der Waals surface area contributed by atoms with Crippen LogP contribution in [0.1, 0.15) is 18.4 Å². The summed E-state index contributed by atoms with van der Waals surface area (Å²) in [6.07, 6.45) is 4.22. The molecule has 5 heteroatoms. The lowest BCUT2D eigenvalue weighted by Gasteiger charge is -2.12. The molecule has 5 nitrogen and oxygen atoms in total. The van der Waals surface area contributed by atoms with Crippen LogP contribution in [0.2, 0.25) is 0 Å². The van der Waals surface area contributed by atoms with Crippen LogP contribution in [0.25, 0.3) is 6.08 Å². The van der Waals surface area contributed by atoms with E-state index in [1.54, 1.807) is 39.5 Å². The van der Waals surface area contributed by atoms with Gasteiger partial charge in [-0.15, -0.1) is 0 Å². The quantitative estimate of drug-likeness (QED) is 0.821. The van der Waals surface area contributed by atoms with Gasteiger partial charge in [0.2, 0.25) is 5.75 Å². The van der Waals surface area contributed by atoms with E-state index in [0.717, 1.165) is 5.56 Å². The standard InChI is InChI=1S/C14H18O5/c1-17-11-8-10(6-4-5-7-13(15)16)9-12(18-2)14(11)19-3/h4,6,8-9H,5,7H2,1-3H3,(H,15,16). The van der Waals surface area contributed by atoms with Gasteiger partial charge in [-0.05, 0) is 24.1 Å². The van der Waals surface area contributed by atoms with Crippen LogP contribution in [0.15, 0.2) is 18.2 Å². The first-order chi connectivity index (χ1) is 9.12. The van der Waals surface area contributed by atoms with Crippen LogP contribution in [0.3, 0.4) is 0 Å². The molecular formula is C14H18O5. The van der Waals surface area contributed by atoms with E-state index in [9.17, 15) is 4.79 Å². The van der Waals surface area contributed by atoms with Crippen molar-refractivity contribution in [1.29, 1.82) is 0 Å². The minimum atomic E-state index is -0.811. The van der Waals surface area contributed by atoms with Crippen molar-refractivity contribution in [3.8, 4) is 17.2 Å². The predicted octanol–water partition coefficient (Wildman–Crippen LogP) is 2.59. The van der Waals surface area contributed by atoms with E-state index in [-0.39, 0.29) is 6.42 Å². The number of carbonyl (C=O) groups is 1. The lowest BCUT2D eigenvalue weighted by atomic mass is 10.1. The molecule has 0 aliphatic rings. The number of carboxylic acid groups (broad SMARTS) is 1. The molecule has 0 heterocycles. The molecule has 0 aliphatic carbocycles. The van der Waals surface area contributed by atoms with Crippen molar-refractivity contribution in [2.75, 3.05) is 21.3 Å². The van der Waals surface area contributed by atoms with E-state index >= 15 is 0 Å². The second kappa shape index (κ2) is 7.31. The number of allylic oxidation sites excluding steroid dienone is 1. The third kappa shape index (κ3) is 4.21. The Kier molecular flexibility index (Phi) is 5.73. The number of carboxylic acids is 1. The Labute approximate surface area is 112 Å². The second-order valence-electron chi connectivity index (χ2n) is 3.79. The second-order valence-corrected chi connectivity index (χ2v) is 3.79. The van der Waals surface area contributed by atoms with Gasteiger partial charge in [0.25, 0.3) is 0 Å². The molecule has 0 unspecified atom stereocenters. The summed E-state index contributed by atoms with van der Waals surface area (Å²) in [6, 6.07) is 3.61. The fraction of sp³-hybridized carbons (Fsp3) is 0.357. The number of hydrogen-bond donors (Lipinski definition) is 1. The molecular weight excluding hydrogens is 248 g/mol. The minimum Gasteiger partial charge on any atom is -0.493 e. The molecule has 0 amide bonds. The average molecular weight is 266 g/mol. The first-order valence-corrected chi connectivity index (χ1v) is 5.80. The molecule has 104 valence electrons. The highest BCUT2D eigenvalue weighted by molar-refractivity contribution is 5.67. The van der Waals surface area contributed by atoms with Gasteiger partial charge in [0.1, 0.15) is 0 Å². The Morgan fingerprint density at radius 2 is 1.74 bits per heavy atom. The van der Waals surface area contributed by atoms with Crippen molar-refractivity contribution >= 4 is 12.0 Å². The summed E-state index contributed by atoms with van der Waals surface area (Å²) in [5.74, 6) is 0.863. The van der Waals surface area contributed by atoms with Crippen LogP contribution in [-0.4, -0.2) is 32.4 Å². The molecule has 0 atom stereocenters. The number of rotatable bonds is 7. The lowest BCUT2D eigenvalue weighted by Crippen LogP contribution is -1.95. The monoisotopic (exact) mass is 266 g/mol. The molecule has 0 saturated carbocycles. The molecule has 1 N–H and O–H groups in total. The molecule has 0 aliphatic heterocycles. The zero-order valence-electron chi connectivity index (χ0n) is 11.3. The smallest absolute Gasteiger partial charge is 0.303 e. The van der Waals surface area contributed by atoms with Gasteiger partial charge in [-0.3, -0.25) is 4.79 Å². The molecule has 0 fully saturated rings. The van der Waals surface area contributed by atoms with E-state index in [2.05, 4.69) is 0 Å². The molecule has 0 bridgehead atoms. The summed E-state index contributed by atoms with van der Waals surface area (Å²) < 4.78 is 15.7. The van der Waals surface area contributed by atoms with Crippen molar-refractivity contribution in [1.82, 2.24) is 0 Å². The third-order valence-electron chi connectivity index (χ3n) is 2.52. The lowest BCUT2D eigenvalue weighted by molar-refractivity contribution is -0.136. The van der Waals surface area contributed by atoms with Crippen LogP contribution in [0, 0.1) is 0 Å². The van der Waals surface area contributed by atoms with Gasteiger partial charge < -0.3 is 19.3 Å². The fourth-order valence-corrected chi connectivity index (χ4v) is 1.62. The summed E-state index contributed by atoms with van der Waals surface area (Å²) >= 11 is 0. The summed E-state index contributed by atoms with van der Waals surface area (Å²) in [5, 5.41) is 8.55. The van der Waals surface area contributed by atoms with E-state index < -0.39 is 5.97 Å². The first kappa shape index (κ1) is 14.9. The van der Waals surface area contributed by atoms with Gasteiger partial charge in [0.15, 0.2) is 11.5 Å². The van der Waals surface area contributed by atoms with Crippen molar-refractivity contribution in [2.45, 2.75) is 12.8 Å². The van der Waals surface area contributed by atoms with E-state index in [1.807, 2.05) is 6.08 Å². The highest BCUT2D eigenvalue weighted by Crippen LogP contribution is 2.38. The normalized spacial score (nSPS) is 10.5. The largest absolute Gasteiger partial charge is 0.493 e. The number of aliphatic carboxylic acids is 1. The van der Waals surface area contributed by atoms with Crippen LogP contribution >= 0.6 is 0 Å². The van der Waals surface area contributed by atoms with Crippen LogP contribution in [-0.2, 0) is 4.79 Å². The maximum atomic E-state index is 10.4. The number of methoxy groups -OCH3 is 3. The Morgan fingerprint density at radius 1 is 1.16 bits per heavy atom. The number of ether oxygens (including phenoxy) is 3. The topological polar surface area (TPSA) is 65.0 Å². The molecule has 0 saturated heterocycles. The Hall–Kier alpha value is -2.17.